The van der Waals surface area contributed by atoms with Gasteiger partial charge in [0, 0.05) is 21.9 Å². The van der Waals surface area contributed by atoms with Crippen molar-refractivity contribution in [2.75, 3.05) is 10.4 Å². The number of carbonyl (C=O) groups is 4. The number of benzene rings is 3. The number of carbonyl (C=O) groups excluding carboxylic acids is 4. The molecule has 2 aliphatic carbocycles. The van der Waals surface area contributed by atoms with Gasteiger partial charge in [-0.05, 0) is 48.4 Å². The van der Waals surface area contributed by atoms with Crippen molar-refractivity contribution in [3.63, 3.8) is 0 Å². The third kappa shape index (κ3) is 3.46. The first-order valence-corrected chi connectivity index (χ1v) is 15.6. The molecule has 4 aliphatic rings. The van der Waals surface area contributed by atoms with Crippen LogP contribution < -0.4 is 4.90 Å². The minimum absolute atomic E-state index is 0.0880. The summed E-state index contributed by atoms with van der Waals surface area (Å²) in [5, 5.41) is 13.4. The van der Waals surface area contributed by atoms with Crippen molar-refractivity contribution < 1.29 is 24.3 Å². The van der Waals surface area contributed by atoms with E-state index in [4.69, 9.17) is 34.8 Å². The second-order valence-corrected chi connectivity index (χ2v) is 13.4. The molecule has 7 rings (SSSR count). The number of allylic oxidation sites excluding steroid dienone is 2. The second kappa shape index (κ2) is 9.55. The van der Waals surface area contributed by atoms with Gasteiger partial charge < -0.3 is 5.11 Å². The van der Waals surface area contributed by atoms with Gasteiger partial charge in [0.05, 0.1) is 23.0 Å². The van der Waals surface area contributed by atoms with Crippen LogP contribution in [0.25, 0.3) is 10.8 Å². The molecular formula is C31H22BrCl3N2O5. The minimum atomic E-state index is -1.99. The lowest BCUT2D eigenvalue weighted by molar-refractivity contribution is -0.138. The second-order valence-electron chi connectivity index (χ2n) is 11.2. The van der Waals surface area contributed by atoms with Crippen molar-refractivity contribution in [1.29, 1.82) is 0 Å². The van der Waals surface area contributed by atoms with Crippen LogP contribution in [0.15, 0.2) is 72.3 Å². The summed E-state index contributed by atoms with van der Waals surface area (Å²) >= 11 is 23.8. The number of fused-ring (bicyclic) bond motifs is 5. The van der Waals surface area contributed by atoms with E-state index in [0.29, 0.717) is 27.2 Å². The first-order chi connectivity index (χ1) is 20.0. The Morgan fingerprint density at radius 2 is 1.62 bits per heavy atom. The smallest absolute Gasteiger partial charge is 0.254 e. The summed E-state index contributed by atoms with van der Waals surface area (Å²) in [5.41, 5.74) is 1.22. The van der Waals surface area contributed by atoms with Gasteiger partial charge >= 0.3 is 0 Å². The van der Waals surface area contributed by atoms with Gasteiger partial charge in [-0.1, -0.05) is 75.6 Å². The summed E-state index contributed by atoms with van der Waals surface area (Å²) < 4.78 is 0. The molecular weight excluding hydrogens is 667 g/mol. The van der Waals surface area contributed by atoms with Gasteiger partial charge in [0.2, 0.25) is 11.8 Å². The van der Waals surface area contributed by atoms with Crippen molar-refractivity contribution in [2.24, 2.45) is 17.8 Å². The summed E-state index contributed by atoms with van der Waals surface area (Å²) in [5.74, 6) is -5.48. The number of aromatic hydroxyl groups is 1. The Morgan fingerprint density at radius 1 is 0.905 bits per heavy atom. The highest BCUT2D eigenvalue weighted by atomic mass is 79.9. The lowest BCUT2D eigenvalue weighted by Crippen LogP contribution is -2.60. The van der Waals surface area contributed by atoms with Crippen LogP contribution in [-0.4, -0.2) is 48.8 Å². The predicted octanol–water partition coefficient (Wildman–Crippen LogP) is 6.11. The van der Waals surface area contributed by atoms with Crippen LogP contribution in [0.5, 0.6) is 5.75 Å². The molecule has 0 aromatic heterocycles. The fourth-order valence-corrected chi connectivity index (χ4v) is 8.99. The first-order valence-electron chi connectivity index (χ1n) is 13.4. The van der Waals surface area contributed by atoms with Gasteiger partial charge in [-0.3, -0.25) is 29.0 Å². The molecule has 4 amide bonds. The highest BCUT2D eigenvalue weighted by Crippen LogP contribution is 2.66. The monoisotopic (exact) mass is 686 g/mol. The zero-order valence-electron chi connectivity index (χ0n) is 21.8. The molecule has 2 saturated heterocycles. The number of hydrogen-bond acceptors (Lipinski definition) is 5. The summed E-state index contributed by atoms with van der Waals surface area (Å²) in [7, 11) is 0. The topological polar surface area (TPSA) is 95.0 Å². The quantitative estimate of drug-likeness (QED) is 0.155. The maximum absolute atomic E-state index is 14.1. The van der Waals surface area contributed by atoms with Crippen molar-refractivity contribution >= 4 is 90.8 Å². The average molecular weight is 689 g/mol. The lowest BCUT2D eigenvalue weighted by Gasteiger charge is -2.50. The maximum atomic E-state index is 14.1. The number of rotatable bonds is 3. The number of likely N-dealkylation sites (tertiary alicyclic amines) is 1. The van der Waals surface area contributed by atoms with Crippen molar-refractivity contribution in [2.45, 2.75) is 28.5 Å². The number of alkyl halides is 3. The van der Waals surface area contributed by atoms with E-state index in [2.05, 4.69) is 15.9 Å². The van der Waals surface area contributed by atoms with E-state index < -0.39 is 51.1 Å². The predicted molar refractivity (Wildman–Crippen MR) is 163 cm³/mol. The Kier molecular flexibility index (Phi) is 6.34. The van der Waals surface area contributed by atoms with E-state index in [1.54, 1.807) is 42.5 Å². The average Bonchev–Trinajstić information content (AvgIpc) is 3.32. The van der Waals surface area contributed by atoms with Gasteiger partial charge in [-0.2, -0.15) is 0 Å². The zero-order valence-corrected chi connectivity index (χ0v) is 25.6. The summed E-state index contributed by atoms with van der Waals surface area (Å²) in [6.45, 7) is 0. The molecule has 0 radical (unpaired) electrons. The van der Waals surface area contributed by atoms with E-state index in [-0.39, 0.29) is 30.0 Å². The maximum Gasteiger partial charge on any atom is 0.254 e. The van der Waals surface area contributed by atoms with Gasteiger partial charge in [0.25, 0.3) is 11.8 Å². The van der Waals surface area contributed by atoms with Crippen LogP contribution in [-0.2, 0) is 19.2 Å². The summed E-state index contributed by atoms with van der Waals surface area (Å²) in [6, 6.07) is 17.2. The number of anilines is 1. The van der Waals surface area contributed by atoms with Crippen molar-refractivity contribution in [3.05, 3.63) is 82.9 Å². The normalized spacial score (nSPS) is 32.2. The molecule has 3 aromatic rings. The molecule has 2 aliphatic heterocycles. The van der Waals surface area contributed by atoms with E-state index in [1.165, 1.54) is 4.90 Å². The minimum Gasteiger partial charge on any atom is -0.507 e. The van der Waals surface area contributed by atoms with E-state index >= 15 is 0 Å². The Morgan fingerprint density at radius 3 is 2.33 bits per heavy atom. The number of phenolic OH excluding ortho intramolecular Hbond substituents is 1. The van der Waals surface area contributed by atoms with Gasteiger partial charge in [-0.25, -0.2) is 0 Å². The van der Waals surface area contributed by atoms with Crippen LogP contribution >= 0.6 is 50.7 Å². The Hall–Kier alpha value is -2.91. The molecule has 1 N–H and O–H groups in total. The molecule has 3 aromatic carbocycles. The number of nitrogens with zero attached hydrogens (tertiary/aromatic N) is 2. The number of amides is 4. The summed E-state index contributed by atoms with van der Waals surface area (Å²) in [4.78, 5) is 53.7. The molecule has 0 unspecified atom stereocenters. The number of hydrogen-bond donors (Lipinski definition) is 1. The summed E-state index contributed by atoms with van der Waals surface area (Å²) in [6.07, 6.45) is 1.94. The molecule has 11 heteroatoms. The largest absolute Gasteiger partial charge is 0.507 e. The fraction of sp³-hybridized carbons (Fsp3) is 0.290. The third-order valence-corrected chi connectivity index (χ3v) is 11.5. The molecule has 0 spiro atoms. The first kappa shape index (κ1) is 27.9. The molecule has 2 heterocycles. The Bertz CT molecular complexity index is 1760. The van der Waals surface area contributed by atoms with Crippen LogP contribution in [0, 0.1) is 17.8 Å². The van der Waals surface area contributed by atoms with Crippen LogP contribution in [0.2, 0.25) is 5.02 Å². The zero-order chi connectivity index (χ0) is 29.7. The third-order valence-electron chi connectivity index (χ3n) is 9.34. The van der Waals surface area contributed by atoms with E-state index in [1.807, 2.05) is 24.3 Å². The highest BCUT2D eigenvalue weighted by molar-refractivity contribution is 9.09. The van der Waals surface area contributed by atoms with Gasteiger partial charge in [0.15, 0.2) is 9.75 Å². The van der Waals surface area contributed by atoms with E-state index in [0.717, 1.165) is 10.3 Å². The lowest BCUT2D eigenvalue weighted by atomic mass is 9.56. The number of imide groups is 2. The molecule has 7 nitrogen and oxygen atoms in total. The molecule has 1 saturated carbocycles. The number of halogens is 4. The van der Waals surface area contributed by atoms with Crippen LogP contribution in [0.1, 0.15) is 24.3 Å². The molecule has 6 atom stereocenters. The Labute approximate surface area is 264 Å². The SMILES string of the molecule is O=C1[C@H]2[C@H](CC=C3[C@H]2C[C@@]2(Cl)C(=O)N(CBr)C(=O)[C@@]2(Cl)[C@H]3c2ccc3ccccc3c2O)C(=O)N1c1ccc(Cl)cc1. The number of phenols is 1. The molecule has 42 heavy (non-hydrogen) atoms. The molecule has 214 valence electrons. The van der Waals surface area contributed by atoms with Crippen LogP contribution in [0.3, 0.4) is 0 Å². The fourth-order valence-electron chi connectivity index (χ4n) is 7.45. The standard InChI is InChI=1S/C31H22BrCl3N2O5/c32-14-36-28(41)30(34)13-22-19(11-12-20-23(22)27(40)37(26(20)39)17-8-6-16(33)7-9-17)24(31(30,35)29(36)42)21-10-5-15-3-1-2-4-18(15)25(21)38/h1-11,20,22-24,38H,12-14H2/t20-,22+,23-,24+,30+,31-/m0/s1. The Balaban J connectivity index is 1.43. The van der Waals surface area contributed by atoms with Crippen molar-refractivity contribution in [1.82, 2.24) is 4.90 Å². The van der Waals surface area contributed by atoms with Gasteiger partial charge in [-0.15, -0.1) is 23.2 Å². The van der Waals surface area contributed by atoms with E-state index in [9.17, 15) is 24.3 Å². The van der Waals surface area contributed by atoms with Gasteiger partial charge in [0.1, 0.15) is 5.75 Å². The molecule has 3 fully saturated rings. The van der Waals surface area contributed by atoms with Crippen LogP contribution in [0.4, 0.5) is 5.69 Å². The molecule has 0 bridgehead atoms. The van der Waals surface area contributed by atoms with Crippen molar-refractivity contribution in [3.8, 4) is 5.75 Å². The highest BCUT2D eigenvalue weighted by Gasteiger charge is 2.76.